The number of hydrogen-bond acceptors (Lipinski definition) is 5. The summed E-state index contributed by atoms with van der Waals surface area (Å²) in [6.07, 6.45) is 7.63. The molecule has 0 radical (unpaired) electrons. The molecule has 1 N–H and O–H groups in total. The Labute approximate surface area is 205 Å². The number of fused-ring (bicyclic) bond motifs is 2. The summed E-state index contributed by atoms with van der Waals surface area (Å²) >= 11 is 7.75. The van der Waals surface area contributed by atoms with Gasteiger partial charge in [-0.05, 0) is 52.4 Å². The molecule has 2 aromatic carbocycles. The van der Waals surface area contributed by atoms with Gasteiger partial charge in [-0.2, -0.15) is 10.2 Å². The average molecular weight is 485 g/mol. The number of pyridine rings is 1. The molecule has 0 aliphatic rings. The van der Waals surface area contributed by atoms with Crippen LogP contribution in [0.3, 0.4) is 0 Å². The monoisotopic (exact) mass is 484 g/mol. The zero-order chi connectivity index (χ0) is 22.9. The van der Waals surface area contributed by atoms with Gasteiger partial charge in [-0.25, -0.2) is 4.98 Å². The first kappa shape index (κ1) is 20.9. The Morgan fingerprint density at radius 1 is 0.882 bits per heavy atom. The van der Waals surface area contributed by atoms with Crippen molar-refractivity contribution in [1.29, 1.82) is 0 Å². The van der Waals surface area contributed by atoms with Crippen LogP contribution in [0.4, 0.5) is 5.82 Å². The van der Waals surface area contributed by atoms with E-state index in [4.69, 9.17) is 16.7 Å². The van der Waals surface area contributed by atoms with Crippen molar-refractivity contribution in [2.24, 2.45) is 0 Å². The number of hydrogen-bond donors (Lipinski definition) is 1. The van der Waals surface area contributed by atoms with E-state index in [1.165, 1.54) is 26.8 Å². The molecule has 0 unspecified atom stereocenters. The highest BCUT2D eigenvalue weighted by Gasteiger charge is 2.09. The highest BCUT2D eigenvalue weighted by Crippen LogP contribution is 2.30. The van der Waals surface area contributed by atoms with Crippen molar-refractivity contribution in [1.82, 2.24) is 24.5 Å². The highest BCUT2D eigenvalue weighted by atomic mass is 35.5. The molecule has 0 saturated carbocycles. The summed E-state index contributed by atoms with van der Waals surface area (Å²) in [6.45, 7) is 2.15. The minimum atomic E-state index is 0.679. The first-order valence-corrected chi connectivity index (χ1v) is 12.2. The smallest absolute Gasteiger partial charge is 0.137 e. The van der Waals surface area contributed by atoms with Crippen molar-refractivity contribution in [3.63, 3.8) is 0 Å². The van der Waals surface area contributed by atoms with E-state index in [0.29, 0.717) is 13.1 Å². The van der Waals surface area contributed by atoms with Crippen LogP contribution < -0.4 is 5.32 Å². The lowest BCUT2D eigenvalue weighted by Crippen LogP contribution is -2.02. The molecule has 8 heteroatoms. The minimum Gasteiger partial charge on any atom is -0.365 e. The first-order chi connectivity index (χ1) is 16.7. The predicted molar refractivity (Wildman–Crippen MR) is 139 cm³/mol. The number of rotatable bonds is 7. The molecule has 34 heavy (non-hydrogen) atoms. The fraction of sp³-hybridized carbons (Fsp3) is 0.115. The summed E-state index contributed by atoms with van der Waals surface area (Å²) < 4.78 is 5.90. The van der Waals surface area contributed by atoms with Crippen LogP contribution in [0.25, 0.3) is 21.0 Å². The zero-order valence-electron chi connectivity index (χ0n) is 18.2. The summed E-state index contributed by atoms with van der Waals surface area (Å²) in [6, 6.07) is 20.9. The quantitative estimate of drug-likeness (QED) is 0.293. The number of thiophene rings is 1. The summed E-state index contributed by atoms with van der Waals surface area (Å²) in [5.41, 5.74) is 4.52. The average Bonchev–Trinajstić information content (AvgIpc) is 3.57. The van der Waals surface area contributed by atoms with Crippen molar-refractivity contribution in [2.75, 3.05) is 5.32 Å². The molecular weight excluding hydrogens is 464 g/mol. The maximum atomic E-state index is 6.15. The second kappa shape index (κ2) is 8.93. The van der Waals surface area contributed by atoms with Crippen molar-refractivity contribution in [2.45, 2.75) is 19.6 Å². The van der Waals surface area contributed by atoms with E-state index in [2.05, 4.69) is 64.1 Å². The van der Waals surface area contributed by atoms with Crippen molar-refractivity contribution in [3.05, 3.63) is 106 Å². The van der Waals surface area contributed by atoms with E-state index in [0.717, 1.165) is 27.6 Å². The molecule has 0 amide bonds. The Hall–Kier alpha value is -3.68. The van der Waals surface area contributed by atoms with E-state index in [1.807, 2.05) is 33.8 Å². The summed E-state index contributed by atoms with van der Waals surface area (Å²) in [7, 11) is 0. The molecule has 4 heterocycles. The summed E-state index contributed by atoms with van der Waals surface area (Å²) in [5, 5.41) is 14.7. The number of halogens is 1. The molecule has 0 bridgehead atoms. The number of benzene rings is 2. The van der Waals surface area contributed by atoms with Gasteiger partial charge in [-0.15, -0.1) is 11.3 Å². The van der Waals surface area contributed by atoms with Gasteiger partial charge in [0, 0.05) is 36.0 Å². The van der Waals surface area contributed by atoms with Crippen molar-refractivity contribution >= 4 is 49.7 Å². The van der Waals surface area contributed by atoms with Crippen LogP contribution in [-0.2, 0) is 19.6 Å². The van der Waals surface area contributed by atoms with E-state index in [9.17, 15) is 0 Å². The van der Waals surface area contributed by atoms with Crippen LogP contribution in [-0.4, -0.2) is 24.5 Å². The van der Waals surface area contributed by atoms with Gasteiger partial charge in [0.15, 0.2) is 0 Å². The van der Waals surface area contributed by atoms with Gasteiger partial charge in [-0.3, -0.25) is 9.36 Å². The first-order valence-electron chi connectivity index (χ1n) is 11.0. The Morgan fingerprint density at radius 2 is 1.68 bits per heavy atom. The molecule has 4 aromatic heterocycles. The molecular formula is C26H21ClN6S. The Kier molecular flexibility index (Phi) is 5.49. The molecule has 0 atom stereocenters. The van der Waals surface area contributed by atoms with Gasteiger partial charge in [0.25, 0.3) is 0 Å². The number of aromatic nitrogens is 5. The van der Waals surface area contributed by atoms with Crippen LogP contribution in [0.15, 0.2) is 85.5 Å². The molecule has 0 fully saturated rings. The molecule has 0 saturated heterocycles. The van der Waals surface area contributed by atoms with Crippen LogP contribution in [0.5, 0.6) is 0 Å². The van der Waals surface area contributed by atoms with Gasteiger partial charge < -0.3 is 5.32 Å². The third kappa shape index (κ3) is 4.40. The Balaban J connectivity index is 1.17. The highest BCUT2D eigenvalue weighted by molar-refractivity contribution is 7.22. The molecule has 168 valence electrons. The third-order valence-corrected chi connectivity index (χ3v) is 7.01. The van der Waals surface area contributed by atoms with Crippen molar-refractivity contribution < 1.29 is 0 Å². The normalized spacial score (nSPS) is 11.4. The molecule has 0 aliphatic heterocycles. The van der Waals surface area contributed by atoms with Gasteiger partial charge >= 0.3 is 0 Å². The van der Waals surface area contributed by atoms with E-state index >= 15 is 0 Å². The second-order valence-electron chi connectivity index (χ2n) is 8.22. The molecule has 6 aromatic rings. The van der Waals surface area contributed by atoms with Crippen LogP contribution in [0, 0.1) is 0 Å². The number of anilines is 1. The second-order valence-corrected chi connectivity index (χ2v) is 9.93. The van der Waals surface area contributed by atoms with Gasteiger partial charge in [0.1, 0.15) is 5.82 Å². The SMILES string of the molecule is Clc1cc2cc(CNc3nccc4nn(Cc5ccc(Cn6cccn6)cc5)cc34)ccc2s1. The number of nitrogens with zero attached hydrogens (tertiary/aromatic N) is 5. The Bertz CT molecular complexity index is 1570. The molecule has 6 nitrogen and oxygen atoms in total. The molecule has 6 rings (SSSR count). The third-order valence-electron chi connectivity index (χ3n) is 5.76. The van der Waals surface area contributed by atoms with Gasteiger partial charge in [-0.1, -0.05) is 41.9 Å². The van der Waals surface area contributed by atoms with Crippen LogP contribution in [0.2, 0.25) is 4.34 Å². The van der Waals surface area contributed by atoms with E-state index < -0.39 is 0 Å². The fourth-order valence-corrected chi connectivity index (χ4v) is 5.22. The number of nitrogens with one attached hydrogen (secondary N) is 1. The van der Waals surface area contributed by atoms with Gasteiger partial charge in [0.05, 0.1) is 28.3 Å². The van der Waals surface area contributed by atoms with E-state index in [1.54, 1.807) is 23.7 Å². The molecule has 0 aliphatic carbocycles. The maximum Gasteiger partial charge on any atom is 0.137 e. The Morgan fingerprint density at radius 3 is 2.47 bits per heavy atom. The maximum absolute atomic E-state index is 6.15. The zero-order valence-corrected chi connectivity index (χ0v) is 19.8. The standard InChI is InChI=1S/C26H21ClN6S/c27-25-13-21-12-20(6-7-24(21)34-25)14-29-26-22-17-33(31-23(22)8-10-28-26)16-19-4-2-18(3-5-19)15-32-11-1-9-30-32/h1-13,17H,14-16H2,(H,28,29). The van der Waals surface area contributed by atoms with E-state index in [-0.39, 0.29) is 0 Å². The largest absolute Gasteiger partial charge is 0.365 e. The topological polar surface area (TPSA) is 60.6 Å². The van der Waals surface area contributed by atoms with Crippen LogP contribution >= 0.6 is 22.9 Å². The van der Waals surface area contributed by atoms with Gasteiger partial charge in [0.2, 0.25) is 0 Å². The molecule has 0 spiro atoms. The lowest BCUT2D eigenvalue weighted by atomic mass is 10.1. The predicted octanol–water partition coefficient (Wildman–Crippen LogP) is 6.20. The van der Waals surface area contributed by atoms with Crippen molar-refractivity contribution in [3.8, 4) is 0 Å². The minimum absolute atomic E-state index is 0.679. The lowest BCUT2D eigenvalue weighted by molar-refractivity contribution is 0.682. The fourth-order valence-electron chi connectivity index (χ4n) is 4.09. The van der Waals surface area contributed by atoms with Crippen LogP contribution in [0.1, 0.15) is 16.7 Å². The summed E-state index contributed by atoms with van der Waals surface area (Å²) in [4.78, 5) is 4.56. The lowest BCUT2D eigenvalue weighted by Gasteiger charge is -2.07. The summed E-state index contributed by atoms with van der Waals surface area (Å²) in [5.74, 6) is 0.835.